The van der Waals surface area contributed by atoms with E-state index in [1.165, 1.54) is 12.3 Å². The van der Waals surface area contributed by atoms with Crippen LogP contribution in [0, 0.1) is 11.7 Å². The lowest BCUT2D eigenvalue weighted by molar-refractivity contribution is -0.0484. The number of nitrogens with two attached hydrogens (primary N) is 1. The summed E-state index contributed by atoms with van der Waals surface area (Å²) in [5.41, 5.74) is 6.32. The van der Waals surface area contributed by atoms with Gasteiger partial charge in [0.15, 0.2) is 0 Å². The van der Waals surface area contributed by atoms with Crippen LogP contribution in [-0.4, -0.2) is 10.9 Å². The fourth-order valence-corrected chi connectivity index (χ4v) is 2.33. The van der Waals surface area contributed by atoms with Gasteiger partial charge in [-0.3, -0.25) is 4.98 Å². The van der Waals surface area contributed by atoms with Crippen molar-refractivity contribution in [1.82, 2.24) is 4.98 Å². The number of nitrogens with zero attached hydrogens (tertiary/aromatic N) is 1. The molecule has 2 rings (SSSR count). The predicted molar refractivity (Wildman–Crippen MR) is 58.0 cm³/mol. The van der Waals surface area contributed by atoms with Crippen molar-refractivity contribution in [3.05, 3.63) is 29.8 Å². The van der Waals surface area contributed by atoms with Crippen molar-refractivity contribution in [3.63, 3.8) is 0 Å². The van der Waals surface area contributed by atoms with Gasteiger partial charge in [0.25, 0.3) is 0 Å². The van der Waals surface area contributed by atoms with Crippen LogP contribution in [0.15, 0.2) is 18.5 Å². The fourth-order valence-electron chi connectivity index (χ4n) is 2.33. The normalized spacial score (nSPS) is 22.4. The zero-order valence-electron chi connectivity index (χ0n) is 9.37. The van der Waals surface area contributed by atoms with Crippen LogP contribution in [-0.2, 0) is 0 Å². The molecule has 2 nitrogen and oxygen atoms in total. The molecule has 1 aliphatic carbocycles. The standard InChI is InChI=1S/C12H15F3N2/c13-10-7-17-6-3-9(10)11(16)8-1-4-12(14,15)5-2-8/h3,6-8,11H,1-2,4-5,16H2. The molecule has 0 aromatic carbocycles. The lowest BCUT2D eigenvalue weighted by Gasteiger charge is -2.32. The molecule has 1 aromatic heterocycles. The lowest BCUT2D eigenvalue weighted by Crippen LogP contribution is -2.31. The number of hydrogen-bond acceptors (Lipinski definition) is 2. The molecule has 17 heavy (non-hydrogen) atoms. The summed E-state index contributed by atoms with van der Waals surface area (Å²) in [5.74, 6) is -3.11. The second-order valence-corrected chi connectivity index (χ2v) is 4.62. The molecular weight excluding hydrogens is 229 g/mol. The third kappa shape index (κ3) is 2.77. The first-order valence-electron chi connectivity index (χ1n) is 5.72. The molecule has 0 spiro atoms. The van der Waals surface area contributed by atoms with Crippen molar-refractivity contribution >= 4 is 0 Å². The van der Waals surface area contributed by atoms with Crippen LogP contribution in [0.1, 0.15) is 37.3 Å². The van der Waals surface area contributed by atoms with E-state index in [1.54, 1.807) is 0 Å². The third-order valence-corrected chi connectivity index (χ3v) is 3.43. The molecule has 0 saturated heterocycles. The van der Waals surface area contributed by atoms with E-state index < -0.39 is 17.8 Å². The minimum absolute atomic E-state index is 0.0773. The molecule has 5 heteroatoms. The lowest BCUT2D eigenvalue weighted by atomic mass is 9.80. The topological polar surface area (TPSA) is 38.9 Å². The first-order chi connectivity index (χ1) is 7.99. The number of halogens is 3. The summed E-state index contributed by atoms with van der Waals surface area (Å²) in [6.07, 6.45) is 2.95. The molecule has 1 atom stereocenters. The van der Waals surface area contributed by atoms with Crippen LogP contribution < -0.4 is 5.73 Å². The van der Waals surface area contributed by atoms with Crippen molar-refractivity contribution in [2.24, 2.45) is 11.7 Å². The van der Waals surface area contributed by atoms with E-state index in [1.807, 2.05) is 0 Å². The zero-order valence-corrected chi connectivity index (χ0v) is 9.37. The van der Waals surface area contributed by atoms with Crippen LogP contribution in [0.3, 0.4) is 0 Å². The maximum absolute atomic E-state index is 13.5. The zero-order chi connectivity index (χ0) is 12.5. The number of rotatable bonds is 2. The van der Waals surface area contributed by atoms with Crippen LogP contribution in [0.5, 0.6) is 0 Å². The SMILES string of the molecule is NC(c1ccncc1F)C1CCC(F)(F)CC1. The number of pyridine rings is 1. The molecular formula is C12H15F3N2. The van der Waals surface area contributed by atoms with E-state index in [0.717, 1.165) is 6.20 Å². The quantitative estimate of drug-likeness (QED) is 0.868. The second-order valence-electron chi connectivity index (χ2n) is 4.62. The molecule has 1 fully saturated rings. The molecule has 0 bridgehead atoms. The van der Waals surface area contributed by atoms with Crippen LogP contribution in [0.4, 0.5) is 13.2 Å². The van der Waals surface area contributed by atoms with Gasteiger partial charge in [-0.05, 0) is 24.8 Å². The summed E-state index contributed by atoms with van der Waals surface area (Å²) >= 11 is 0. The highest BCUT2D eigenvalue weighted by Crippen LogP contribution is 2.40. The summed E-state index contributed by atoms with van der Waals surface area (Å²) in [6, 6.07) is 1.00. The fraction of sp³-hybridized carbons (Fsp3) is 0.583. The van der Waals surface area contributed by atoms with Crippen molar-refractivity contribution in [3.8, 4) is 0 Å². The second kappa shape index (κ2) is 4.64. The Hall–Kier alpha value is -1.10. The average molecular weight is 244 g/mol. The van der Waals surface area contributed by atoms with Gasteiger partial charge in [-0.15, -0.1) is 0 Å². The van der Waals surface area contributed by atoms with E-state index >= 15 is 0 Å². The molecule has 1 aliphatic rings. The Balaban J connectivity index is 2.07. The van der Waals surface area contributed by atoms with Gasteiger partial charge in [0.1, 0.15) is 5.82 Å². The maximum atomic E-state index is 13.5. The first-order valence-corrected chi connectivity index (χ1v) is 5.72. The van der Waals surface area contributed by atoms with Gasteiger partial charge in [0.2, 0.25) is 5.92 Å². The van der Waals surface area contributed by atoms with Crippen molar-refractivity contribution in [1.29, 1.82) is 0 Å². The molecule has 0 radical (unpaired) electrons. The smallest absolute Gasteiger partial charge is 0.248 e. The Morgan fingerprint density at radius 3 is 2.59 bits per heavy atom. The molecule has 0 aliphatic heterocycles. The Morgan fingerprint density at radius 2 is 2.00 bits per heavy atom. The maximum Gasteiger partial charge on any atom is 0.248 e. The number of alkyl halides is 2. The minimum Gasteiger partial charge on any atom is -0.324 e. The number of aromatic nitrogens is 1. The molecule has 0 amide bonds. The summed E-state index contributed by atoms with van der Waals surface area (Å²) in [7, 11) is 0. The van der Waals surface area contributed by atoms with E-state index in [0.29, 0.717) is 18.4 Å². The number of hydrogen-bond donors (Lipinski definition) is 1. The Kier molecular flexibility index (Phi) is 3.38. The predicted octanol–water partition coefficient (Wildman–Crippen LogP) is 3.05. The monoisotopic (exact) mass is 244 g/mol. The highest BCUT2D eigenvalue weighted by Gasteiger charge is 2.37. The summed E-state index contributed by atoms with van der Waals surface area (Å²) in [4.78, 5) is 3.64. The van der Waals surface area contributed by atoms with Gasteiger partial charge in [-0.25, -0.2) is 13.2 Å². The van der Waals surface area contributed by atoms with Crippen molar-refractivity contribution in [2.45, 2.75) is 37.6 Å². The minimum atomic E-state index is -2.58. The van der Waals surface area contributed by atoms with Crippen LogP contribution >= 0.6 is 0 Å². The van der Waals surface area contributed by atoms with Crippen LogP contribution in [0.25, 0.3) is 0 Å². The largest absolute Gasteiger partial charge is 0.324 e. The summed E-state index contributed by atoms with van der Waals surface area (Å²) in [6.45, 7) is 0. The molecule has 1 heterocycles. The van der Waals surface area contributed by atoms with Gasteiger partial charge in [-0.2, -0.15) is 0 Å². The molecule has 1 saturated carbocycles. The average Bonchev–Trinajstić information content (AvgIpc) is 2.29. The summed E-state index contributed by atoms with van der Waals surface area (Å²) < 4.78 is 39.5. The molecule has 1 unspecified atom stereocenters. The van der Waals surface area contributed by atoms with E-state index in [-0.39, 0.29) is 18.8 Å². The summed E-state index contributed by atoms with van der Waals surface area (Å²) in [5, 5.41) is 0. The van der Waals surface area contributed by atoms with Gasteiger partial charge < -0.3 is 5.73 Å². The Bertz CT molecular complexity index is 385. The molecule has 94 valence electrons. The van der Waals surface area contributed by atoms with E-state index in [9.17, 15) is 13.2 Å². The highest BCUT2D eigenvalue weighted by molar-refractivity contribution is 5.18. The first kappa shape index (κ1) is 12.4. The van der Waals surface area contributed by atoms with Crippen LogP contribution in [0.2, 0.25) is 0 Å². The van der Waals surface area contributed by atoms with Gasteiger partial charge in [0, 0.05) is 30.6 Å². The molecule has 2 N–H and O–H groups in total. The van der Waals surface area contributed by atoms with Gasteiger partial charge >= 0.3 is 0 Å². The Morgan fingerprint density at radius 1 is 1.35 bits per heavy atom. The van der Waals surface area contributed by atoms with Gasteiger partial charge in [-0.1, -0.05) is 0 Å². The Labute approximate surface area is 98.0 Å². The van der Waals surface area contributed by atoms with E-state index in [4.69, 9.17) is 5.73 Å². The van der Waals surface area contributed by atoms with Crippen molar-refractivity contribution in [2.75, 3.05) is 0 Å². The third-order valence-electron chi connectivity index (χ3n) is 3.43. The van der Waals surface area contributed by atoms with Crippen molar-refractivity contribution < 1.29 is 13.2 Å². The van der Waals surface area contributed by atoms with Gasteiger partial charge in [0.05, 0.1) is 6.20 Å². The van der Waals surface area contributed by atoms with E-state index in [2.05, 4.69) is 4.98 Å². The molecule has 1 aromatic rings. The highest BCUT2D eigenvalue weighted by atomic mass is 19.3.